The third-order valence-electron chi connectivity index (χ3n) is 3.66. The van der Waals surface area contributed by atoms with Crippen LogP contribution in [0.15, 0.2) is 28.7 Å². The fourth-order valence-corrected chi connectivity index (χ4v) is 2.29. The van der Waals surface area contributed by atoms with Gasteiger partial charge in [-0.25, -0.2) is 4.79 Å². The Balaban J connectivity index is 1.76. The van der Waals surface area contributed by atoms with Crippen LogP contribution in [-0.4, -0.2) is 41.5 Å². The number of carbonyl (C=O) groups is 2. The highest BCUT2D eigenvalue weighted by Crippen LogP contribution is 2.24. The molecule has 0 radical (unpaired) electrons. The maximum Gasteiger partial charge on any atom is 0.407 e. The normalized spacial score (nSPS) is 12.2. The van der Waals surface area contributed by atoms with Crippen LogP contribution in [0.5, 0.6) is 5.75 Å². The Hall–Kier alpha value is -3.10. The molecule has 0 aliphatic carbocycles. The van der Waals surface area contributed by atoms with Crippen LogP contribution < -0.4 is 10.1 Å². The first kappa shape index (κ1) is 22.2. The second-order valence-electron chi connectivity index (χ2n) is 7.34. The topological polar surface area (TPSA) is 113 Å². The number of esters is 1. The number of nitrogens with zero attached hydrogens (tertiary/aromatic N) is 2. The van der Waals surface area contributed by atoms with Gasteiger partial charge in [0.05, 0.1) is 7.11 Å². The minimum Gasteiger partial charge on any atom is -0.497 e. The molecule has 0 saturated heterocycles. The number of hydrogen-bond donors (Lipinski definition) is 1. The smallest absolute Gasteiger partial charge is 0.407 e. The lowest BCUT2D eigenvalue weighted by Gasteiger charge is -2.19. The second kappa shape index (κ2) is 9.90. The highest BCUT2D eigenvalue weighted by Gasteiger charge is 2.19. The Kier molecular flexibility index (Phi) is 7.58. The van der Waals surface area contributed by atoms with Crippen LogP contribution in [0, 0.1) is 0 Å². The summed E-state index contributed by atoms with van der Waals surface area (Å²) < 4.78 is 21.1. The molecule has 1 amide bonds. The average Bonchev–Trinajstić information content (AvgIpc) is 3.14. The summed E-state index contributed by atoms with van der Waals surface area (Å²) in [6.45, 7) is 7.30. The molecule has 1 N–H and O–H groups in total. The average molecular weight is 405 g/mol. The van der Waals surface area contributed by atoms with Crippen molar-refractivity contribution in [3.05, 3.63) is 30.2 Å². The maximum atomic E-state index is 12.0. The van der Waals surface area contributed by atoms with Gasteiger partial charge < -0.3 is 23.9 Å². The monoisotopic (exact) mass is 405 g/mol. The zero-order valence-electron chi connectivity index (χ0n) is 17.4. The fourth-order valence-electron chi connectivity index (χ4n) is 2.29. The predicted molar refractivity (Wildman–Crippen MR) is 104 cm³/mol. The number of amides is 1. The fraction of sp³-hybridized carbons (Fsp3) is 0.500. The Morgan fingerprint density at radius 3 is 2.48 bits per heavy atom. The first-order valence-corrected chi connectivity index (χ1v) is 9.32. The van der Waals surface area contributed by atoms with E-state index in [1.54, 1.807) is 59.1 Å². The van der Waals surface area contributed by atoms with E-state index >= 15 is 0 Å². The number of hydrogen-bond acceptors (Lipinski definition) is 8. The lowest BCUT2D eigenvalue weighted by molar-refractivity contribution is -0.149. The number of ether oxygens (including phenoxy) is 3. The molecule has 29 heavy (non-hydrogen) atoms. The van der Waals surface area contributed by atoms with Crippen molar-refractivity contribution in [2.45, 2.75) is 52.2 Å². The van der Waals surface area contributed by atoms with Crippen molar-refractivity contribution in [3.8, 4) is 17.2 Å². The zero-order valence-corrected chi connectivity index (χ0v) is 17.4. The van der Waals surface area contributed by atoms with Gasteiger partial charge in [0, 0.05) is 18.5 Å². The van der Waals surface area contributed by atoms with Crippen LogP contribution in [-0.2, 0) is 14.3 Å². The van der Waals surface area contributed by atoms with E-state index in [0.29, 0.717) is 18.9 Å². The Labute approximate surface area is 169 Å². The second-order valence-corrected chi connectivity index (χ2v) is 7.34. The van der Waals surface area contributed by atoms with Crippen LogP contribution in [0.2, 0.25) is 0 Å². The predicted octanol–water partition coefficient (Wildman–Crippen LogP) is 3.65. The zero-order chi connectivity index (χ0) is 21.4. The molecule has 1 atom stereocenters. The molecule has 0 aliphatic rings. The molecule has 158 valence electrons. The number of carbonyl (C=O) groups excluding carboxylic acids is 2. The lowest BCUT2D eigenvalue weighted by atomic mass is 10.2. The van der Waals surface area contributed by atoms with Crippen molar-refractivity contribution >= 4 is 12.1 Å². The highest BCUT2D eigenvalue weighted by atomic mass is 16.6. The van der Waals surface area contributed by atoms with Gasteiger partial charge in [-0.05, 0) is 58.4 Å². The largest absolute Gasteiger partial charge is 0.497 e. The molecule has 2 rings (SSSR count). The number of rotatable bonds is 8. The molecule has 0 unspecified atom stereocenters. The summed E-state index contributed by atoms with van der Waals surface area (Å²) in [5.41, 5.74) is 0.170. The van der Waals surface area contributed by atoms with E-state index in [9.17, 15) is 9.59 Å². The van der Waals surface area contributed by atoms with E-state index in [-0.39, 0.29) is 12.3 Å². The molecule has 9 heteroatoms. The highest BCUT2D eigenvalue weighted by molar-refractivity contribution is 5.70. The van der Waals surface area contributed by atoms with E-state index in [4.69, 9.17) is 18.6 Å². The van der Waals surface area contributed by atoms with Gasteiger partial charge in [0.1, 0.15) is 11.4 Å². The van der Waals surface area contributed by atoms with E-state index < -0.39 is 23.8 Å². The number of aromatic nitrogens is 2. The molecule has 1 aromatic carbocycles. The van der Waals surface area contributed by atoms with Gasteiger partial charge >= 0.3 is 12.1 Å². The third kappa shape index (κ3) is 7.44. The van der Waals surface area contributed by atoms with Crippen LogP contribution in [0.1, 0.15) is 52.5 Å². The maximum absolute atomic E-state index is 12.0. The Bertz CT molecular complexity index is 810. The molecule has 1 aromatic heterocycles. The number of methoxy groups -OCH3 is 1. The van der Waals surface area contributed by atoms with Gasteiger partial charge in [-0.2, -0.15) is 0 Å². The first-order valence-electron chi connectivity index (χ1n) is 9.32. The van der Waals surface area contributed by atoms with Crippen LogP contribution in [0.25, 0.3) is 11.5 Å². The third-order valence-corrected chi connectivity index (χ3v) is 3.66. The van der Waals surface area contributed by atoms with E-state index in [1.807, 2.05) is 0 Å². The summed E-state index contributed by atoms with van der Waals surface area (Å²) in [7, 11) is 1.59. The summed E-state index contributed by atoms with van der Waals surface area (Å²) in [5, 5.41) is 10.5. The number of alkyl carbamates (subject to hydrolysis) is 1. The van der Waals surface area contributed by atoms with Crippen molar-refractivity contribution in [1.29, 1.82) is 0 Å². The van der Waals surface area contributed by atoms with E-state index in [2.05, 4.69) is 15.5 Å². The summed E-state index contributed by atoms with van der Waals surface area (Å²) >= 11 is 0. The summed E-state index contributed by atoms with van der Waals surface area (Å²) in [6, 6.07) is 7.16. The molecule has 0 spiro atoms. The van der Waals surface area contributed by atoms with Gasteiger partial charge in [-0.3, -0.25) is 4.79 Å². The van der Waals surface area contributed by atoms with E-state index in [0.717, 1.165) is 11.3 Å². The summed E-state index contributed by atoms with van der Waals surface area (Å²) in [6.07, 6.45) is -0.636. The van der Waals surface area contributed by atoms with Crippen molar-refractivity contribution in [3.63, 3.8) is 0 Å². The van der Waals surface area contributed by atoms with Gasteiger partial charge in [0.15, 0.2) is 6.10 Å². The van der Waals surface area contributed by atoms with Crippen LogP contribution >= 0.6 is 0 Å². The molecule has 9 nitrogen and oxygen atoms in total. The minimum atomic E-state index is -0.680. The first-order chi connectivity index (χ1) is 13.7. The molecule has 0 aliphatic heterocycles. The summed E-state index contributed by atoms with van der Waals surface area (Å²) in [4.78, 5) is 23.5. The minimum absolute atomic E-state index is 0.139. The van der Waals surface area contributed by atoms with Gasteiger partial charge in [-0.15, -0.1) is 10.2 Å². The van der Waals surface area contributed by atoms with Crippen LogP contribution in [0.3, 0.4) is 0 Å². The summed E-state index contributed by atoms with van der Waals surface area (Å²) in [5.74, 6) is 0.827. The Morgan fingerprint density at radius 2 is 1.86 bits per heavy atom. The molecule has 1 heterocycles. The molecular formula is C20H27N3O6. The van der Waals surface area contributed by atoms with Crippen LogP contribution in [0.4, 0.5) is 4.79 Å². The quantitative estimate of drug-likeness (QED) is 0.523. The Morgan fingerprint density at radius 1 is 1.17 bits per heavy atom. The molecule has 0 bridgehead atoms. The van der Waals surface area contributed by atoms with E-state index in [1.165, 1.54) is 0 Å². The van der Waals surface area contributed by atoms with Crippen molar-refractivity contribution < 1.29 is 28.2 Å². The molecular weight excluding hydrogens is 378 g/mol. The number of nitrogens with one attached hydrogen (secondary N) is 1. The van der Waals surface area contributed by atoms with Gasteiger partial charge in [0.2, 0.25) is 5.89 Å². The molecule has 0 fully saturated rings. The van der Waals surface area contributed by atoms with Crippen molar-refractivity contribution in [2.24, 2.45) is 0 Å². The van der Waals surface area contributed by atoms with Crippen molar-refractivity contribution in [2.75, 3.05) is 13.7 Å². The number of benzene rings is 1. The molecule has 2 aromatic rings. The van der Waals surface area contributed by atoms with Gasteiger partial charge in [-0.1, -0.05) is 0 Å². The van der Waals surface area contributed by atoms with Crippen molar-refractivity contribution in [1.82, 2.24) is 15.5 Å². The SMILES string of the molecule is COc1ccc(-c2nnc([C@H](C)OC(=O)CCCNC(=O)OC(C)(C)C)o2)cc1. The van der Waals surface area contributed by atoms with Gasteiger partial charge in [0.25, 0.3) is 5.89 Å². The standard InChI is InChI=1S/C20H27N3O6/c1-13(27-16(24)7-6-12-21-19(25)29-20(2,3)4)17-22-23-18(28-17)14-8-10-15(26-5)11-9-14/h8-11,13H,6-7,12H2,1-5H3,(H,21,25)/t13-/m0/s1. The lowest BCUT2D eigenvalue weighted by Crippen LogP contribution is -2.33. The molecule has 0 saturated carbocycles.